The van der Waals surface area contributed by atoms with Crippen LogP contribution >= 0.6 is 0 Å². The third-order valence-corrected chi connectivity index (χ3v) is 3.91. The molecule has 0 saturated carbocycles. The van der Waals surface area contributed by atoms with Gasteiger partial charge in [-0.2, -0.15) is 0 Å². The molecule has 0 bridgehead atoms. The Hall–Kier alpha value is -3.42. The average molecular weight is 386 g/mol. The fourth-order valence-corrected chi connectivity index (χ4v) is 2.56. The van der Waals surface area contributed by atoms with E-state index >= 15 is 0 Å². The fraction of sp³-hybridized carbons (Fsp3) is 0.300. The highest BCUT2D eigenvalue weighted by atomic mass is 16.6. The summed E-state index contributed by atoms with van der Waals surface area (Å²) in [7, 11) is 0. The predicted octanol–water partition coefficient (Wildman–Crippen LogP) is 2.51. The Morgan fingerprint density at radius 3 is 2.46 bits per heavy atom. The molecule has 0 fully saturated rings. The molecule has 0 heterocycles. The van der Waals surface area contributed by atoms with E-state index in [0.29, 0.717) is 6.42 Å². The summed E-state index contributed by atoms with van der Waals surface area (Å²) in [6.07, 6.45) is 0.422. The topological polar surface area (TPSA) is 108 Å². The molecule has 0 aromatic heterocycles. The molecule has 1 atom stereocenters. The van der Waals surface area contributed by atoms with E-state index in [1.54, 1.807) is 13.0 Å². The molecule has 1 unspecified atom stereocenters. The molecule has 2 aromatic carbocycles. The number of hydrogen-bond acceptors (Lipinski definition) is 6. The van der Waals surface area contributed by atoms with Crippen LogP contribution in [0.5, 0.6) is 5.75 Å². The number of rotatable bonds is 10. The predicted molar refractivity (Wildman–Crippen MR) is 102 cm³/mol. The number of amides is 1. The molecule has 0 saturated heterocycles. The molecular formula is C20H22N2O6. The van der Waals surface area contributed by atoms with E-state index in [2.05, 4.69) is 5.32 Å². The third kappa shape index (κ3) is 6.39. The monoisotopic (exact) mass is 386 g/mol. The van der Waals surface area contributed by atoms with Gasteiger partial charge in [0.1, 0.15) is 0 Å². The van der Waals surface area contributed by atoms with E-state index in [1.165, 1.54) is 18.2 Å². The van der Waals surface area contributed by atoms with Gasteiger partial charge in [-0.05, 0) is 25.0 Å². The van der Waals surface area contributed by atoms with Gasteiger partial charge in [-0.1, -0.05) is 42.5 Å². The van der Waals surface area contributed by atoms with Gasteiger partial charge in [0.2, 0.25) is 0 Å². The maximum absolute atomic E-state index is 12.2. The number of carbonyl (C=O) groups is 2. The lowest BCUT2D eigenvalue weighted by Gasteiger charge is -2.16. The molecule has 1 amide bonds. The summed E-state index contributed by atoms with van der Waals surface area (Å²) in [4.78, 5) is 34.6. The Morgan fingerprint density at radius 2 is 1.79 bits per heavy atom. The number of nitrogens with one attached hydrogen (secondary N) is 1. The molecule has 0 aliphatic rings. The lowest BCUT2D eigenvalue weighted by molar-refractivity contribution is -0.385. The van der Waals surface area contributed by atoms with Gasteiger partial charge >= 0.3 is 11.7 Å². The highest BCUT2D eigenvalue weighted by molar-refractivity contribution is 5.79. The molecule has 2 rings (SSSR count). The van der Waals surface area contributed by atoms with Gasteiger partial charge < -0.3 is 14.8 Å². The molecule has 0 aliphatic carbocycles. The summed E-state index contributed by atoms with van der Waals surface area (Å²) in [6.45, 7) is 1.65. The molecule has 0 radical (unpaired) electrons. The molecular weight excluding hydrogens is 364 g/mol. The molecule has 1 N–H and O–H groups in total. The van der Waals surface area contributed by atoms with E-state index in [4.69, 9.17) is 9.47 Å². The molecule has 8 nitrogen and oxygen atoms in total. The van der Waals surface area contributed by atoms with Crippen LogP contribution in [0.2, 0.25) is 0 Å². The fourth-order valence-electron chi connectivity index (χ4n) is 2.56. The van der Waals surface area contributed by atoms with Crippen LogP contribution < -0.4 is 10.1 Å². The molecule has 28 heavy (non-hydrogen) atoms. The zero-order valence-electron chi connectivity index (χ0n) is 15.5. The van der Waals surface area contributed by atoms with Crippen LogP contribution in [0.15, 0.2) is 54.6 Å². The molecule has 0 aliphatic heterocycles. The van der Waals surface area contributed by atoms with E-state index in [0.717, 1.165) is 5.56 Å². The van der Waals surface area contributed by atoms with Crippen molar-refractivity contribution in [1.29, 1.82) is 0 Å². The summed E-state index contributed by atoms with van der Waals surface area (Å²) >= 11 is 0. The standard InChI is InChI=1S/C20H22N2O6/c1-2-27-20(24)16(12-15-8-4-3-5-9-15)13-21-19(23)14-28-18-11-7-6-10-17(18)22(25)26/h3-11,16H,2,12-14H2,1H3,(H,21,23). The minimum absolute atomic E-state index is 0.00822. The Balaban J connectivity index is 1.92. The number of ether oxygens (including phenoxy) is 2. The number of nitro benzene ring substituents is 1. The minimum atomic E-state index is -0.579. The van der Waals surface area contributed by atoms with Gasteiger partial charge in [-0.25, -0.2) is 0 Å². The number of esters is 1. The van der Waals surface area contributed by atoms with Crippen molar-refractivity contribution in [3.63, 3.8) is 0 Å². The van der Waals surface area contributed by atoms with Crippen molar-refractivity contribution in [2.45, 2.75) is 13.3 Å². The summed E-state index contributed by atoms with van der Waals surface area (Å²) < 4.78 is 10.3. The first-order valence-corrected chi connectivity index (χ1v) is 8.84. The molecule has 148 valence electrons. The SMILES string of the molecule is CCOC(=O)C(CNC(=O)COc1ccccc1[N+](=O)[O-])Cc1ccccc1. The second-order valence-electron chi connectivity index (χ2n) is 5.96. The van der Waals surface area contributed by atoms with Gasteiger partial charge in [0.05, 0.1) is 17.4 Å². The maximum Gasteiger partial charge on any atom is 0.311 e. The molecule has 0 spiro atoms. The number of nitrogens with zero attached hydrogens (tertiary/aromatic N) is 1. The number of nitro groups is 1. The normalized spacial score (nSPS) is 11.3. The Morgan fingerprint density at radius 1 is 1.11 bits per heavy atom. The lowest BCUT2D eigenvalue weighted by atomic mass is 9.99. The van der Waals surface area contributed by atoms with Crippen LogP contribution in [0.4, 0.5) is 5.69 Å². The van der Waals surface area contributed by atoms with Crippen molar-refractivity contribution >= 4 is 17.6 Å². The van der Waals surface area contributed by atoms with Crippen molar-refractivity contribution in [3.05, 3.63) is 70.3 Å². The summed E-state index contributed by atoms with van der Waals surface area (Å²) in [5, 5.41) is 13.6. The number of benzene rings is 2. The van der Waals surface area contributed by atoms with Crippen molar-refractivity contribution in [1.82, 2.24) is 5.32 Å². The largest absolute Gasteiger partial charge is 0.477 e. The van der Waals surface area contributed by atoms with Crippen LogP contribution in [0.25, 0.3) is 0 Å². The molecule has 2 aromatic rings. The van der Waals surface area contributed by atoms with Crippen LogP contribution in [-0.4, -0.2) is 36.6 Å². The zero-order valence-corrected chi connectivity index (χ0v) is 15.5. The highest BCUT2D eigenvalue weighted by Crippen LogP contribution is 2.25. The first-order chi connectivity index (χ1) is 13.5. The van der Waals surface area contributed by atoms with Crippen LogP contribution in [0.3, 0.4) is 0 Å². The Labute approximate surface area is 162 Å². The minimum Gasteiger partial charge on any atom is -0.477 e. The average Bonchev–Trinajstić information content (AvgIpc) is 2.70. The zero-order chi connectivity index (χ0) is 20.4. The van der Waals surface area contributed by atoms with Crippen LogP contribution in [0, 0.1) is 16.0 Å². The van der Waals surface area contributed by atoms with Gasteiger partial charge in [0.15, 0.2) is 12.4 Å². The van der Waals surface area contributed by atoms with Gasteiger partial charge in [-0.15, -0.1) is 0 Å². The Kier molecular flexibility index (Phi) is 7.95. The highest BCUT2D eigenvalue weighted by Gasteiger charge is 2.22. The van der Waals surface area contributed by atoms with Gasteiger partial charge in [0.25, 0.3) is 5.91 Å². The summed E-state index contributed by atoms with van der Waals surface area (Å²) in [6, 6.07) is 15.2. The van der Waals surface area contributed by atoms with E-state index in [-0.39, 0.29) is 24.6 Å². The lowest BCUT2D eigenvalue weighted by Crippen LogP contribution is -2.37. The number of hydrogen-bond donors (Lipinski definition) is 1. The molecule has 8 heteroatoms. The second kappa shape index (κ2) is 10.7. The smallest absolute Gasteiger partial charge is 0.311 e. The summed E-state index contributed by atoms with van der Waals surface area (Å²) in [5.41, 5.74) is 0.731. The van der Waals surface area contributed by atoms with E-state index < -0.39 is 29.3 Å². The van der Waals surface area contributed by atoms with E-state index in [1.807, 2.05) is 30.3 Å². The van der Waals surface area contributed by atoms with Crippen molar-refractivity contribution in [3.8, 4) is 5.75 Å². The number of carbonyl (C=O) groups excluding carboxylic acids is 2. The van der Waals surface area contributed by atoms with Crippen molar-refractivity contribution in [2.24, 2.45) is 5.92 Å². The maximum atomic E-state index is 12.2. The Bertz CT molecular complexity index is 809. The van der Waals surface area contributed by atoms with Crippen LogP contribution in [-0.2, 0) is 20.7 Å². The van der Waals surface area contributed by atoms with Crippen molar-refractivity contribution in [2.75, 3.05) is 19.8 Å². The van der Waals surface area contributed by atoms with Gasteiger partial charge in [-0.3, -0.25) is 19.7 Å². The summed E-state index contributed by atoms with van der Waals surface area (Å²) in [5.74, 6) is -1.42. The quantitative estimate of drug-likeness (QED) is 0.382. The number of para-hydroxylation sites is 2. The van der Waals surface area contributed by atoms with Crippen molar-refractivity contribution < 1.29 is 24.0 Å². The first-order valence-electron chi connectivity index (χ1n) is 8.84. The third-order valence-electron chi connectivity index (χ3n) is 3.91. The van der Waals surface area contributed by atoms with Crippen LogP contribution in [0.1, 0.15) is 12.5 Å². The van der Waals surface area contributed by atoms with Gasteiger partial charge in [0, 0.05) is 12.6 Å². The second-order valence-corrected chi connectivity index (χ2v) is 5.96. The first kappa shape index (κ1) is 20.9. The van der Waals surface area contributed by atoms with E-state index in [9.17, 15) is 19.7 Å².